The summed E-state index contributed by atoms with van der Waals surface area (Å²) in [4.78, 5) is 15.4. The number of carbonyl (C=O) groups is 1. The Labute approximate surface area is 88.2 Å². The molecule has 0 radical (unpaired) electrons. The summed E-state index contributed by atoms with van der Waals surface area (Å²) in [5.41, 5.74) is 0.0336. The van der Waals surface area contributed by atoms with E-state index in [0.717, 1.165) is 0 Å². The van der Waals surface area contributed by atoms with E-state index in [1.807, 2.05) is 0 Å². The van der Waals surface area contributed by atoms with Gasteiger partial charge in [-0.3, -0.25) is 9.36 Å². The lowest BCUT2D eigenvalue weighted by Gasteiger charge is -1.96. The maximum Gasteiger partial charge on any atom is 0.271 e. The molecular weight excluding hydrogens is 229 g/mol. The molecule has 0 aliphatic rings. The smallest absolute Gasteiger partial charge is 0.271 e. The molecule has 14 heavy (non-hydrogen) atoms. The molecule has 5 nitrogen and oxygen atoms in total. The molecular formula is C7H3Cl2N3O2. The maximum atomic E-state index is 11.7. The maximum absolute atomic E-state index is 11.7. The number of rotatable bonds is 1. The van der Waals surface area contributed by atoms with Crippen LogP contribution in [0, 0.1) is 0 Å². The molecule has 72 valence electrons. The van der Waals surface area contributed by atoms with Gasteiger partial charge in [0.15, 0.2) is 5.15 Å². The van der Waals surface area contributed by atoms with E-state index in [2.05, 4.69) is 14.7 Å². The molecule has 2 heterocycles. The van der Waals surface area contributed by atoms with Gasteiger partial charge >= 0.3 is 0 Å². The van der Waals surface area contributed by atoms with Crippen LogP contribution in [0.5, 0.6) is 0 Å². The number of aromatic nitrogens is 3. The third-order valence-electron chi connectivity index (χ3n) is 1.56. The zero-order valence-corrected chi connectivity index (χ0v) is 8.16. The Balaban J connectivity index is 2.46. The molecule has 0 spiro atoms. The molecule has 0 atom stereocenters. The van der Waals surface area contributed by atoms with Gasteiger partial charge < -0.3 is 4.52 Å². The van der Waals surface area contributed by atoms with Gasteiger partial charge in [0.05, 0.1) is 0 Å². The minimum atomic E-state index is -0.432. The van der Waals surface area contributed by atoms with Gasteiger partial charge in [-0.2, -0.15) is 0 Å². The molecule has 0 N–H and O–H groups in total. The Morgan fingerprint density at radius 2 is 2.29 bits per heavy atom. The summed E-state index contributed by atoms with van der Waals surface area (Å²) in [7, 11) is 0. The minimum Gasteiger partial charge on any atom is -0.342 e. The molecule has 0 fully saturated rings. The van der Waals surface area contributed by atoms with Crippen molar-refractivity contribution in [1.82, 2.24) is 14.7 Å². The van der Waals surface area contributed by atoms with E-state index in [1.165, 1.54) is 23.3 Å². The second kappa shape index (κ2) is 3.43. The van der Waals surface area contributed by atoms with Crippen LogP contribution in [0.2, 0.25) is 10.4 Å². The van der Waals surface area contributed by atoms with E-state index in [0.29, 0.717) is 0 Å². The first-order chi connectivity index (χ1) is 6.70. The summed E-state index contributed by atoms with van der Waals surface area (Å²) in [6.07, 6.45) is 4.28. The Kier molecular flexibility index (Phi) is 2.26. The van der Waals surface area contributed by atoms with Crippen molar-refractivity contribution in [2.75, 3.05) is 0 Å². The van der Waals surface area contributed by atoms with Gasteiger partial charge in [0.1, 0.15) is 11.9 Å². The van der Waals surface area contributed by atoms with Gasteiger partial charge in [-0.15, -0.1) is 0 Å². The van der Waals surface area contributed by atoms with E-state index >= 15 is 0 Å². The number of carbonyl (C=O) groups excluding carboxylic acids is 1. The second-order valence-electron chi connectivity index (χ2n) is 2.40. The fourth-order valence-electron chi connectivity index (χ4n) is 0.933. The molecule has 0 aliphatic carbocycles. The van der Waals surface area contributed by atoms with Crippen molar-refractivity contribution in [3.63, 3.8) is 0 Å². The van der Waals surface area contributed by atoms with Gasteiger partial charge in [0, 0.05) is 12.4 Å². The van der Waals surface area contributed by atoms with Crippen LogP contribution in [0.15, 0.2) is 23.2 Å². The summed E-state index contributed by atoms with van der Waals surface area (Å²) < 4.78 is 5.77. The molecule has 0 unspecified atom stereocenters. The largest absolute Gasteiger partial charge is 0.342 e. The first-order valence-corrected chi connectivity index (χ1v) is 4.29. The first kappa shape index (κ1) is 9.23. The Morgan fingerprint density at radius 1 is 1.50 bits per heavy atom. The molecule has 2 rings (SSSR count). The van der Waals surface area contributed by atoms with Crippen molar-refractivity contribution in [3.05, 3.63) is 34.7 Å². The van der Waals surface area contributed by atoms with Gasteiger partial charge in [0.2, 0.25) is 5.22 Å². The van der Waals surface area contributed by atoms with Crippen LogP contribution in [-0.4, -0.2) is 20.6 Å². The fourth-order valence-corrected chi connectivity index (χ4v) is 1.39. The van der Waals surface area contributed by atoms with Crippen LogP contribution in [0.3, 0.4) is 0 Å². The standard InChI is InChI=1S/C7H3Cl2N3O2/c8-5-4(6(9)14-11-5)7(13)12-2-1-10-3-12/h1-3H. The highest BCUT2D eigenvalue weighted by atomic mass is 35.5. The Morgan fingerprint density at radius 3 is 2.79 bits per heavy atom. The predicted octanol–water partition coefficient (Wildman–Crippen LogP) is 1.87. The molecule has 2 aromatic heterocycles. The summed E-state index contributed by atoms with van der Waals surface area (Å²) in [5, 5.41) is 3.16. The van der Waals surface area contributed by atoms with Crippen molar-refractivity contribution in [2.24, 2.45) is 0 Å². The number of imidazole rings is 1. The molecule has 2 aromatic rings. The molecule has 0 bridgehead atoms. The quantitative estimate of drug-likeness (QED) is 0.752. The number of hydrogen-bond donors (Lipinski definition) is 0. The monoisotopic (exact) mass is 231 g/mol. The molecule has 0 aromatic carbocycles. The van der Waals surface area contributed by atoms with Crippen LogP contribution in [-0.2, 0) is 0 Å². The van der Waals surface area contributed by atoms with Crippen molar-refractivity contribution >= 4 is 29.1 Å². The lowest BCUT2D eigenvalue weighted by atomic mass is 10.3. The highest BCUT2D eigenvalue weighted by molar-refractivity contribution is 6.38. The van der Waals surface area contributed by atoms with Gasteiger partial charge in [0.25, 0.3) is 5.91 Å². The molecule has 0 aliphatic heterocycles. The van der Waals surface area contributed by atoms with E-state index in [4.69, 9.17) is 23.2 Å². The number of halogens is 2. The van der Waals surface area contributed by atoms with Crippen LogP contribution < -0.4 is 0 Å². The average molecular weight is 232 g/mol. The van der Waals surface area contributed by atoms with E-state index in [-0.39, 0.29) is 15.9 Å². The van der Waals surface area contributed by atoms with E-state index < -0.39 is 5.91 Å². The average Bonchev–Trinajstić information content (AvgIpc) is 2.75. The molecule has 0 saturated carbocycles. The zero-order chi connectivity index (χ0) is 10.1. The fraction of sp³-hybridized carbons (Fsp3) is 0. The summed E-state index contributed by atoms with van der Waals surface area (Å²) >= 11 is 11.2. The number of nitrogens with zero attached hydrogens (tertiary/aromatic N) is 3. The molecule has 0 amide bonds. The van der Waals surface area contributed by atoms with Crippen LogP contribution in [0.25, 0.3) is 0 Å². The van der Waals surface area contributed by atoms with Crippen molar-refractivity contribution in [3.8, 4) is 0 Å². The van der Waals surface area contributed by atoms with E-state index in [9.17, 15) is 4.79 Å². The zero-order valence-electron chi connectivity index (χ0n) is 6.65. The highest BCUT2D eigenvalue weighted by Gasteiger charge is 2.21. The van der Waals surface area contributed by atoms with Crippen molar-refractivity contribution < 1.29 is 9.32 Å². The van der Waals surface area contributed by atoms with Crippen LogP contribution in [0.4, 0.5) is 0 Å². The van der Waals surface area contributed by atoms with E-state index in [1.54, 1.807) is 0 Å². The highest BCUT2D eigenvalue weighted by Crippen LogP contribution is 2.24. The summed E-state index contributed by atoms with van der Waals surface area (Å²) in [6.45, 7) is 0. The third kappa shape index (κ3) is 1.40. The predicted molar refractivity (Wildman–Crippen MR) is 48.5 cm³/mol. The lowest BCUT2D eigenvalue weighted by molar-refractivity contribution is 0.0959. The van der Waals surface area contributed by atoms with Gasteiger partial charge in [-0.25, -0.2) is 4.98 Å². The Hall–Kier alpha value is -1.33. The van der Waals surface area contributed by atoms with Crippen LogP contribution >= 0.6 is 23.2 Å². The van der Waals surface area contributed by atoms with Gasteiger partial charge in [-0.1, -0.05) is 16.8 Å². The third-order valence-corrected chi connectivity index (χ3v) is 2.08. The van der Waals surface area contributed by atoms with Crippen LogP contribution in [0.1, 0.15) is 10.4 Å². The SMILES string of the molecule is O=C(c1c(Cl)noc1Cl)n1ccnc1. The summed E-state index contributed by atoms with van der Waals surface area (Å²) in [6, 6.07) is 0. The second-order valence-corrected chi connectivity index (χ2v) is 3.10. The van der Waals surface area contributed by atoms with Gasteiger partial charge in [-0.05, 0) is 11.6 Å². The Bertz CT molecular complexity index is 444. The lowest BCUT2D eigenvalue weighted by Crippen LogP contribution is -2.09. The molecule has 7 heteroatoms. The van der Waals surface area contributed by atoms with Crippen molar-refractivity contribution in [1.29, 1.82) is 0 Å². The normalized spacial score (nSPS) is 10.4. The summed E-state index contributed by atoms with van der Waals surface area (Å²) in [5.74, 6) is -0.432. The topological polar surface area (TPSA) is 60.9 Å². The van der Waals surface area contributed by atoms with Crippen molar-refractivity contribution in [2.45, 2.75) is 0 Å². The first-order valence-electron chi connectivity index (χ1n) is 3.53. The number of hydrogen-bond acceptors (Lipinski definition) is 4. The molecule has 0 saturated heterocycles. The minimum absolute atomic E-state index is 0.0336.